The molecule has 0 saturated heterocycles. The van der Waals surface area contributed by atoms with Crippen molar-refractivity contribution in [3.63, 3.8) is 0 Å². The van der Waals surface area contributed by atoms with Crippen LogP contribution < -0.4 is 5.32 Å². The van der Waals surface area contributed by atoms with Crippen LogP contribution in [0.3, 0.4) is 0 Å². The third-order valence-corrected chi connectivity index (χ3v) is 2.47. The van der Waals surface area contributed by atoms with Crippen molar-refractivity contribution in [3.8, 4) is 11.5 Å². The minimum Gasteiger partial charge on any atom is -0.504 e. The van der Waals surface area contributed by atoms with Gasteiger partial charge in [-0.2, -0.15) is 0 Å². The van der Waals surface area contributed by atoms with Gasteiger partial charge < -0.3 is 20.3 Å². The van der Waals surface area contributed by atoms with Crippen LogP contribution in [0.5, 0.6) is 11.5 Å². The average Bonchev–Trinajstić information content (AvgIpc) is 2.22. The van der Waals surface area contributed by atoms with Crippen LogP contribution in [0.1, 0.15) is 32.4 Å². The molecule has 1 atom stereocenters. The molecule has 0 spiro atoms. The van der Waals surface area contributed by atoms with Crippen molar-refractivity contribution in [3.05, 3.63) is 23.8 Å². The van der Waals surface area contributed by atoms with Crippen molar-refractivity contribution in [2.45, 2.75) is 32.4 Å². The Morgan fingerprint density at radius 1 is 1.24 bits per heavy atom. The fourth-order valence-corrected chi connectivity index (χ4v) is 1.48. The first-order chi connectivity index (χ1) is 7.83. The van der Waals surface area contributed by atoms with Gasteiger partial charge >= 0.3 is 0 Å². The molecule has 1 aromatic carbocycles. The van der Waals surface area contributed by atoms with E-state index in [9.17, 15) is 10.2 Å². The summed E-state index contributed by atoms with van der Waals surface area (Å²) in [5.74, 6) is -0.243. The Bertz CT molecular complexity index is 371. The lowest BCUT2D eigenvalue weighted by Gasteiger charge is -2.25. The van der Waals surface area contributed by atoms with Gasteiger partial charge in [-0.1, -0.05) is 6.07 Å². The normalized spacial score (nSPS) is 13.6. The molecule has 0 aliphatic rings. The first-order valence-electron chi connectivity index (χ1n) is 5.63. The van der Waals surface area contributed by atoms with Gasteiger partial charge in [0.1, 0.15) is 0 Å². The molecule has 0 fully saturated rings. The van der Waals surface area contributed by atoms with Gasteiger partial charge in [0, 0.05) is 19.2 Å². The van der Waals surface area contributed by atoms with Crippen molar-refractivity contribution < 1.29 is 14.9 Å². The van der Waals surface area contributed by atoms with Gasteiger partial charge in [0.05, 0.1) is 6.10 Å². The second-order valence-electron chi connectivity index (χ2n) is 5.10. The van der Waals surface area contributed by atoms with E-state index < -0.39 is 0 Å². The Morgan fingerprint density at radius 2 is 1.88 bits per heavy atom. The quantitative estimate of drug-likeness (QED) is 0.705. The summed E-state index contributed by atoms with van der Waals surface area (Å²) in [7, 11) is 1.62. The summed E-state index contributed by atoms with van der Waals surface area (Å²) in [6.07, 6.45) is -0.152. The number of aromatic hydroxyl groups is 2. The van der Waals surface area contributed by atoms with Crippen molar-refractivity contribution in [1.82, 2.24) is 5.32 Å². The summed E-state index contributed by atoms with van der Waals surface area (Å²) in [5.41, 5.74) is 0.843. The molecule has 1 aromatic rings. The highest BCUT2D eigenvalue weighted by atomic mass is 16.5. The van der Waals surface area contributed by atoms with Crippen LogP contribution in [0.4, 0.5) is 0 Å². The molecule has 17 heavy (non-hydrogen) atoms. The van der Waals surface area contributed by atoms with Crippen LogP contribution in [0.25, 0.3) is 0 Å². The number of rotatable bonds is 4. The molecule has 0 aromatic heterocycles. The predicted octanol–water partition coefficient (Wildman–Crippen LogP) is 2.17. The highest BCUT2D eigenvalue weighted by Gasteiger charge is 2.16. The predicted molar refractivity (Wildman–Crippen MR) is 67.3 cm³/mol. The van der Waals surface area contributed by atoms with Gasteiger partial charge in [0.25, 0.3) is 0 Å². The number of hydrogen-bond acceptors (Lipinski definition) is 4. The Kier molecular flexibility index (Phi) is 4.37. The van der Waals surface area contributed by atoms with Gasteiger partial charge in [-0.3, -0.25) is 0 Å². The van der Waals surface area contributed by atoms with Gasteiger partial charge in [0.2, 0.25) is 0 Å². The molecule has 4 heteroatoms. The van der Waals surface area contributed by atoms with Crippen molar-refractivity contribution >= 4 is 0 Å². The van der Waals surface area contributed by atoms with Crippen LogP contribution in [0, 0.1) is 0 Å². The summed E-state index contributed by atoms with van der Waals surface area (Å²) in [6.45, 7) is 6.88. The summed E-state index contributed by atoms with van der Waals surface area (Å²) in [5, 5.41) is 22.0. The number of phenolic OH excluding ortho intramolecular Hbond substituents is 2. The minimum absolute atomic E-state index is 0.00967. The zero-order valence-electron chi connectivity index (χ0n) is 10.8. The number of nitrogens with one attached hydrogen (secondary N) is 1. The van der Waals surface area contributed by atoms with E-state index in [1.165, 1.54) is 12.1 Å². The number of ether oxygens (including phenoxy) is 1. The maximum absolute atomic E-state index is 9.45. The maximum atomic E-state index is 9.45. The SMILES string of the molecule is COC(CNC(C)(C)C)c1ccc(O)c(O)c1. The second kappa shape index (κ2) is 5.38. The molecule has 1 unspecified atom stereocenters. The summed E-state index contributed by atoms with van der Waals surface area (Å²) in [4.78, 5) is 0. The molecule has 0 radical (unpaired) electrons. The van der Waals surface area contributed by atoms with Crippen LogP contribution in [-0.4, -0.2) is 29.4 Å². The molecule has 4 nitrogen and oxygen atoms in total. The standard InChI is InChI=1S/C13H21NO3/c1-13(2,3)14-8-12(17-4)9-5-6-10(15)11(16)7-9/h5-7,12,14-16H,8H2,1-4H3. The molecule has 0 amide bonds. The van der Waals surface area contributed by atoms with E-state index in [1.54, 1.807) is 13.2 Å². The zero-order chi connectivity index (χ0) is 13.1. The van der Waals surface area contributed by atoms with Gasteiger partial charge in [-0.05, 0) is 38.5 Å². The molecular weight excluding hydrogens is 218 g/mol. The van der Waals surface area contributed by atoms with Crippen molar-refractivity contribution in [2.24, 2.45) is 0 Å². The molecule has 0 bridgehead atoms. The van der Waals surface area contributed by atoms with E-state index in [-0.39, 0.29) is 23.1 Å². The highest BCUT2D eigenvalue weighted by Crippen LogP contribution is 2.28. The van der Waals surface area contributed by atoms with Crippen LogP contribution in [0.15, 0.2) is 18.2 Å². The number of methoxy groups -OCH3 is 1. The molecule has 96 valence electrons. The monoisotopic (exact) mass is 239 g/mol. The molecular formula is C13H21NO3. The molecule has 0 heterocycles. The Morgan fingerprint density at radius 3 is 2.35 bits per heavy atom. The lowest BCUT2D eigenvalue weighted by atomic mass is 10.1. The third-order valence-electron chi connectivity index (χ3n) is 2.47. The smallest absolute Gasteiger partial charge is 0.157 e. The van der Waals surface area contributed by atoms with Crippen LogP contribution in [0.2, 0.25) is 0 Å². The van der Waals surface area contributed by atoms with Gasteiger partial charge in [0.15, 0.2) is 11.5 Å². The third kappa shape index (κ3) is 4.24. The van der Waals surface area contributed by atoms with E-state index in [0.29, 0.717) is 6.54 Å². The van der Waals surface area contributed by atoms with E-state index in [0.717, 1.165) is 5.56 Å². The van der Waals surface area contributed by atoms with E-state index in [1.807, 2.05) is 0 Å². The average molecular weight is 239 g/mol. The molecule has 0 aliphatic heterocycles. The molecule has 0 aliphatic carbocycles. The van der Waals surface area contributed by atoms with Gasteiger partial charge in [-0.15, -0.1) is 0 Å². The van der Waals surface area contributed by atoms with Crippen molar-refractivity contribution in [1.29, 1.82) is 0 Å². The molecule has 0 saturated carbocycles. The zero-order valence-corrected chi connectivity index (χ0v) is 10.8. The van der Waals surface area contributed by atoms with E-state index >= 15 is 0 Å². The summed E-state index contributed by atoms with van der Waals surface area (Å²) < 4.78 is 5.37. The number of phenols is 2. The number of benzene rings is 1. The second-order valence-corrected chi connectivity index (χ2v) is 5.10. The largest absolute Gasteiger partial charge is 0.504 e. The molecule has 3 N–H and O–H groups in total. The van der Waals surface area contributed by atoms with Crippen LogP contribution in [-0.2, 0) is 4.74 Å². The molecule has 1 rings (SSSR count). The first-order valence-corrected chi connectivity index (χ1v) is 5.63. The van der Waals surface area contributed by atoms with Crippen molar-refractivity contribution in [2.75, 3.05) is 13.7 Å². The Labute approximate surface area is 102 Å². The Balaban J connectivity index is 2.76. The summed E-state index contributed by atoms with van der Waals surface area (Å²) in [6, 6.07) is 4.73. The number of hydrogen-bond donors (Lipinski definition) is 3. The summed E-state index contributed by atoms with van der Waals surface area (Å²) >= 11 is 0. The van der Waals surface area contributed by atoms with Gasteiger partial charge in [-0.25, -0.2) is 0 Å². The first kappa shape index (κ1) is 13.8. The Hall–Kier alpha value is -1.26. The topological polar surface area (TPSA) is 61.7 Å². The highest BCUT2D eigenvalue weighted by molar-refractivity contribution is 5.41. The fraction of sp³-hybridized carbons (Fsp3) is 0.538. The minimum atomic E-state index is -0.152. The maximum Gasteiger partial charge on any atom is 0.157 e. The van der Waals surface area contributed by atoms with E-state index in [4.69, 9.17) is 4.74 Å². The lowest BCUT2D eigenvalue weighted by Crippen LogP contribution is -2.38. The lowest BCUT2D eigenvalue weighted by molar-refractivity contribution is 0.0957. The van der Waals surface area contributed by atoms with Crippen LogP contribution >= 0.6 is 0 Å². The fourth-order valence-electron chi connectivity index (χ4n) is 1.48. The van der Waals surface area contributed by atoms with E-state index in [2.05, 4.69) is 26.1 Å².